The Morgan fingerprint density at radius 2 is 1.61 bits per heavy atom. The van der Waals surface area contributed by atoms with Crippen molar-refractivity contribution in [3.8, 4) is 0 Å². The molecule has 0 aliphatic carbocycles. The molecule has 23 heavy (non-hydrogen) atoms. The van der Waals surface area contributed by atoms with Crippen molar-refractivity contribution in [2.24, 2.45) is 0 Å². The fraction of sp³-hybridized carbons (Fsp3) is 0.692. The molecule has 0 saturated carbocycles. The van der Waals surface area contributed by atoms with Crippen LogP contribution in [-0.4, -0.2) is 66.8 Å². The molecule has 10 nitrogen and oxygen atoms in total. The maximum atomic E-state index is 12.1. The van der Waals surface area contributed by atoms with E-state index in [1.807, 2.05) is 0 Å². The number of hydrogen-bond acceptors (Lipinski definition) is 10. The molecule has 1 aliphatic rings. The molecule has 0 bridgehead atoms. The molecule has 1 fully saturated rings. The van der Waals surface area contributed by atoms with E-state index in [0.717, 1.165) is 27.9 Å². The quantitative estimate of drug-likeness (QED) is 0.476. The van der Waals surface area contributed by atoms with Gasteiger partial charge in [0, 0.05) is 20.8 Å². The van der Waals surface area contributed by atoms with Crippen molar-refractivity contribution in [2.45, 2.75) is 44.9 Å². The van der Waals surface area contributed by atoms with Crippen LogP contribution >= 0.6 is 0 Å². The summed E-state index contributed by atoms with van der Waals surface area (Å²) >= 11 is 0. The number of carbonyl (C=O) groups excluding carboxylic acids is 4. The molecule has 10 heteroatoms. The number of esters is 4. The first-order chi connectivity index (χ1) is 10.7. The minimum Gasteiger partial charge on any atom is -0.464 e. The van der Waals surface area contributed by atoms with Crippen LogP contribution in [0.3, 0.4) is 0 Å². The van der Waals surface area contributed by atoms with E-state index in [1.54, 1.807) is 0 Å². The van der Waals surface area contributed by atoms with E-state index in [0.29, 0.717) is 0 Å². The Morgan fingerprint density at radius 3 is 2.00 bits per heavy atom. The zero-order valence-corrected chi connectivity index (χ0v) is 13.1. The molecule has 0 aromatic heterocycles. The van der Waals surface area contributed by atoms with Gasteiger partial charge in [0.15, 0.2) is 6.10 Å². The van der Waals surface area contributed by atoms with Crippen molar-refractivity contribution in [3.05, 3.63) is 0 Å². The van der Waals surface area contributed by atoms with Gasteiger partial charge in [-0.15, -0.1) is 0 Å². The molecule has 0 radical (unpaired) electrons. The molecule has 1 aliphatic heterocycles. The molecule has 0 unspecified atom stereocenters. The number of aliphatic hydroxyl groups excluding tert-OH is 1. The maximum absolute atomic E-state index is 12.1. The highest BCUT2D eigenvalue weighted by Crippen LogP contribution is 2.38. The van der Waals surface area contributed by atoms with Crippen molar-refractivity contribution in [2.75, 3.05) is 13.7 Å². The lowest BCUT2D eigenvalue weighted by atomic mass is 10.0. The fourth-order valence-corrected chi connectivity index (χ4v) is 2.21. The van der Waals surface area contributed by atoms with Gasteiger partial charge in [-0.1, -0.05) is 0 Å². The van der Waals surface area contributed by atoms with Crippen molar-refractivity contribution in [1.82, 2.24) is 0 Å². The molecular weight excluding hydrogens is 316 g/mol. The summed E-state index contributed by atoms with van der Waals surface area (Å²) in [5.74, 6) is -6.24. The number of carbonyl (C=O) groups is 4. The lowest BCUT2D eigenvalue weighted by Gasteiger charge is -2.30. The molecule has 0 spiro atoms. The molecule has 0 amide bonds. The van der Waals surface area contributed by atoms with Gasteiger partial charge in [-0.2, -0.15) is 0 Å². The average molecular weight is 334 g/mol. The highest BCUT2D eigenvalue weighted by molar-refractivity contribution is 5.83. The maximum Gasteiger partial charge on any atom is 0.383 e. The van der Waals surface area contributed by atoms with Gasteiger partial charge in [0.25, 0.3) is 0 Å². The first kappa shape index (κ1) is 18.8. The van der Waals surface area contributed by atoms with Crippen LogP contribution in [0, 0.1) is 0 Å². The van der Waals surface area contributed by atoms with Crippen molar-refractivity contribution < 1.29 is 48.0 Å². The van der Waals surface area contributed by atoms with Crippen LogP contribution in [0.15, 0.2) is 0 Å². The van der Waals surface area contributed by atoms with E-state index < -0.39 is 54.6 Å². The van der Waals surface area contributed by atoms with Crippen LogP contribution in [0.4, 0.5) is 0 Å². The molecule has 130 valence electrons. The zero-order valence-electron chi connectivity index (χ0n) is 13.1. The van der Waals surface area contributed by atoms with Crippen LogP contribution < -0.4 is 0 Å². The molecule has 4 atom stereocenters. The van der Waals surface area contributed by atoms with Gasteiger partial charge in [0.05, 0.1) is 13.7 Å². The summed E-state index contributed by atoms with van der Waals surface area (Å²) in [5, 5.41) is 9.37. The van der Waals surface area contributed by atoms with Crippen molar-refractivity contribution in [1.29, 1.82) is 0 Å². The molecule has 1 N–H and O–H groups in total. The summed E-state index contributed by atoms with van der Waals surface area (Å²) in [6, 6.07) is 0. The van der Waals surface area contributed by atoms with Crippen LogP contribution in [0.5, 0.6) is 0 Å². The third-order valence-electron chi connectivity index (χ3n) is 2.91. The van der Waals surface area contributed by atoms with E-state index in [-0.39, 0.29) is 0 Å². The largest absolute Gasteiger partial charge is 0.464 e. The lowest BCUT2D eigenvalue weighted by molar-refractivity contribution is -0.257. The summed E-state index contributed by atoms with van der Waals surface area (Å²) in [4.78, 5) is 46.1. The second-order valence-electron chi connectivity index (χ2n) is 4.70. The predicted molar refractivity (Wildman–Crippen MR) is 69.6 cm³/mol. The summed E-state index contributed by atoms with van der Waals surface area (Å²) in [7, 11) is 0.995. The third-order valence-corrected chi connectivity index (χ3v) is 2.91. The van der Waals surface area contributed by atoms with E-state index in [1.165, 1.54) is 0 Å². The Labute approximate surface area is 131 Å². The standard InChI is InChI=1S/C13H18O10/c1-6(15)20-10-9(5-14)23-13(12(18)19-4,22-8(3)17)11(10)21-7(2)16/h9-11,14H,5H2,1-4H3/t9-,10-,11+,13-/m1/s1. The third kappa shape index (κ3) is 3.96. The van der Waals surface area contributed by atoms with E-state index in [4.69, 9.17) is 18.9 Å². The Bertz CT molecular complexity index is 501. The van der Waals surface area contributed by atoms with Crippen LogP contribution in [0.25, 0.3) is 0 Å². The molecule has 1 rings (SSSR count). The van der Waals surface area contributed by atoms with Crippen molar-refractivity contribution in [3.63, 3.8) is 0 Å². The van der Waals surface area contributed by atoms with Gasteiger partial charge >= 0.3 is 29.7 Å². The molecule has 1 heterocycles. The van der Waals surface area contributed by atoms with Crippen LogP contribution in [-0.2, 0) is 42.9 Å². The summed E-state index contributed by atoms with van der Waals surface area (Å²) < 4.78 is 24.6. The minimum atomic E-state index is -2.49. The lowest BCUT2D eigenvalue weighted by Crippen LogP contribution is -2.55. The van der Waals surface area contributed by atoms with Gasteiger partial charge in [0.1, 0.15) is 6.10 Å². The minimum absolute atomic E-state index is 0.699. The highest BCUT2D eigenvalue weighted by Gasteiger charge is 2.67. The second-order valence-corrected chi connectivity index (χ2v) is 4.70. The Balaban J connectivity index is 3.37. The van der Waals surface area contributed by atoms with Crippen LogP contribution in [0.1, 0.15) is 20.8 Å². The number of ether oxygens (including phenoxy) is 5. The molecule has 1 saturated heterocycles. The number of rotatable bonds is 5. The smallest absolute Gasteiger partial charge is 0.383 e. The van der Waals surface area contributed by atoms with Gasteiger partial charge < -0.3 is 28.8 Å². The monoisotopic (exact) mass is 334 g/mol. The van der Waals surface area contributed by atoms with Gasteiger partial charge in [-0.25, -0.2) is 4.79 Å². The second kappa shape index (κ2) is 7.38. The summed E-state index contributed by atoms with van der Waals surface area (Å²) in [6.45, 7) is 2.40. The van der Waals surface area contributed by atoms with Gasteiger partial charge in [-0.3, -0.25) is 14.4 Å². The molecular formula is C13H18O10. The topological polar surface area (TPSA) is 135 Å². The average Bonchev–Trinajstić information content (AvgIpc) is 2.71. The first-order valence-corrected chi connectivity index (χ1v) is 6.59. The Hall–Kier alpha value is -2.20. The number of methoxy groups -OCH3 is 1. The van der Waals surface area contributed by atoms with Gasteiger partial charge in [-0.05, 0) is 0 Å². The summed E-state index contributed by atoms with van der Waals surface area (Å²) in [5.41, 5.74) is 0. The van der Waals surface area contributed by atoms with E-state index >= 15 is 0 Å². The van der Waals surface area contributed by atoms with E-state index in [9.17, 15) is 24.3 Å². The zero-order chi connectivity index (χ0) is 17.8. The number of aliphatic hydroxyl groups is 1. The highest BCUT2D eigenvalue weighted by atomic mass is 16.8. The predicted octanol–water partition coefficient (Wildman–Crippen LogP) is -1.33. The molecule has 0 aromatic carbocycles. The normalized spacial score (nSPS) is 29.5. The fourth-order valence-electron chi connectivity index (χ4n) is 2.21. The van der Waals surface area contributed by atoms with Crippen molar-refractivity contribution >= 4 is 23.9 Å². The van der Waals surface area contributed by atoms with Gasteiger partial charge in [0.2, 0.25) is 6.10 Å². The Morgan fingerprint density at radius 1 is 1.04 bits per heavy atom. The first-order valence-electron chi connectivity index (χ1n) is 6.59. The Kier molecular flexibility index (Phi) is 6.05. The summed E-state index contributed by atoms with van der Waals surface area (Å²) in [6.07, 6.45) is -4.29. The number of hydrogen-bond donors (Lipinski definition) is 1. The van der Waals surface area contributed by atoms with E-state index in [2.05, 4.69) is 4.74 Å². The molecule has 0 aromatic rings. The van der Waals surface area contributed by atoms with Crippen LogP contribution in [0.2, 0.25) is 0 Å². The SMILES string of the molecule is COC(=O)[C@]1(OC(C)=O)O[C@H](CO)[C@@H](OC(C)=O)[C@@H]1OC(C)=O.